The van der Waals surface area contributed by atoms with Crippen molar-refractivity contribution in [1.82, 2.24) is 0 Å². The Balaban J connectivity index is 1.96. The Morgan fingerprint density at radius 3 is 2.42 bits per heavy atom. The SMILES string of the molecule is CCOC(=O)c1c(NC(=O)c2cccc(C)c2)sc(C(=O)Nc2ccccc2F)c1C. The van der Waals surface area contributed by atoms with Crippen LogP contribution in [-0.2, 0) is 4.74 Å². The zero-order valence-electron chi connectivity index (χ0n) is 17.2. The lowest BCUT2D eigenvalue weighted by atomic mass is 10.1. The first kappa shape index (κ1) is 22.2. The summed E-state index contributed by atoms with van der Waals surface area (Å²) in [6.45, 7) is 5.25. The minimum atomic E-state index is -0.652. The van der Waals surface area contributed by atoms with Gasteiger partial charge in [0, 0.05) is 5.56 Å². The fourth-order valence-corrected chi connectivity index (χ4v) is 4.06. The lowest BCUT2D eigenvalue weighted by Crippen LogP contribution is -2.15. The van der Waals surface area contributed by atoms with Crippen LogP contribution < -0.4 is 10.6 Å². The number of rotatable bonds is 6. The van der Waals surface area contributed by atoms with Gasteiger partial charge in [0.05, 0.1) is 22.7 Å². The number of carbonyl (C=O) groups is 3. The van der Waals surface area contributed by atoms with E-state index in [0.717, 1.165) is 16.9 Å². The van der Waals surface area contributed by atoms with Crippen molar-refractivity contribution in [3.8, 4) is 0 Å². The smallest absolute Gasteiger partial charge is 0.341 e. The molecule has 0 bridgehead atoms. The number of benzene rings is 2. The Labute approximate surface area is 183 Å². The fraction of sp³-hybridized carbons (Fsp3) is 0.174. The van der Waals surface area contributed by atoms with Crippen LogP contribution in [0, 0.1) is 19.7 Å². The molecule has 0 fully saturated rings. The molecule has 2 aromatic carbocycles. The quantitative estimate of drug-likeness (QED) is 0.517. The summed E-state index contributed by atoms with van der Waals surface area (Å²) in [5.41, 5.74) is 1.79. The Morgan fingerprint density at radius 1 is 1.00 bits per heavy atom. The van der Waals surface area contributed by atoms with Crippen LogP contribution in [0.3, 0.4) is 0 Å². The maximum atomic E-state index is 13.9. The molecule has 0 unspecified atom stereocenters. The number of anilines is 2. The molecule has 0 saturated heterocycles. The number of amides is 2. The van der Waals surface area contributed by atoms with Gasteiger partial charge in [-0.15, -0.1) is 11.3 Å². The minimum Gasteiger partial charge on any atom is -0.462 e. The van der Waals surface area contributed by atoms with Crippen LogP contribution >= 0.6 is 11.3 Å². The lowest BCUT2D eigenvalue weighted by molar-refractivity contribution is 0.0527. The molecule has 2 N–H and O–H groups in total. The predicted molar refractivity (Wildman–Crippen MR) is 118 cm³/mol. The molecular weight excluding hydrogens is 419 g/mol. The van der Waals surface area contributed by atoms with Gasteiger partial charge < -0.3 is 15.4 Å². The second kappa shape index (κ2) is 9.53. The number of aryl methyl sites for hydroxylation is 1. The molecular formula is C23H21FN2O4S. The summed E-state index contributed by atoms with van der Waals surface area (Å²) in [5.74, 6) is -2.24. The second-order valence-electron chi connectivity index (χ2n) is 6.74. The average molecular weight is 440 g/mol. The van der Waals surface area contributed by atoms with Gasteiger partial charge in [0.15, 0.2) is 0 Å². The van der Waals surface area contributed by atoms with Gasteiger partial charge in [-0.3, -0.25) is 9.59 Å². The van der Waals surface area contributed by atoms with Crippen molar-refractivity contribution < 1.29 is 23.5 Å². The number of halogens is 1. The molecule has 160 valence electrons. The van der Waals surface area contributed by atoms with E-state index in [-0.39, 0.29) is 27.7 Å². The largest absolute Gasteiger partial charge is 0.462 e. The second-order valence-corrected chi connectivity index (χ2v) is 7.76. The number of hydrogen-bond acceptors (Lipinski definition) is 5. The summed E-state index contributed by atoms with van der Waals surface area (Å²) in [7, 11) is 0. The summed E-state index contributed by atoms with van der Waals surface area (Å²) in [6.07, 6.45) is 0. The van der Waals surface area contributed by atoms with Crippen molar-refractivity contribution in [2.75, 3.05) is 17.2 Å². The zero-order chi connectivity index (χ0) is 22.5. The lowest BCUT2D eigenvalue weighted by Gasteiger charge is -2.07. The van der Waals surface area contributed by atoms with E-state index < -0.39 is 23.6 Å². The van der Waals surface area contributed by atoms with Crippen LogP contribution in [0.2, 0.25) is 0 Å². The van der Waals surface area contributed by atoms with Gasteiger partial charge in [-0.05, 0) is 50.6 Å². The Bertz CT molecular complexity index is 1160. The van der Waals surface area contributed by atoms with E-state index in [2.05, 4.69) is 10.6 Å². The molecule has 6 nitrogen and oxygen atoms in total. The van der Waals surface area contributed by atoms with Crippen molar-refractivity contribution in [2.45, 2.75) is 20.8 Å². The van der Waals surface area contributed by atoms with Gasteiger partial charge in [-0.25, -0.2) is 9.18 Å². The van der Waals surface area contributed by atoms with E-state index in [0.29, 0.717) is 11.1 Å². The third-order valence-electron chi connectivity index (χ3n) is 4.46. The summed E-state index contributed by atoms with van der Waals surface area (Å²) < 4.78 is 19.0. The summed E-state index contributed by atoms with van der Waals surface area (Å²) in [4.78, 5) is 38.2. The van der Waals surface area contributed by atoms with Gasteiger partial charge in [-0.1, -0.05) is 29.8 Å². The maximum Gasteiger partial charge on any atom is 0.341 e. The topological polar surface area (TPSA) is 84.5 Å². The van der Waals surface area contributed by atoms with Crippen LogP contribution in [-0.4, -0.2) is 24.4 Å². The average Bonchev–Trinajstić information content (AvgIpc) is 3.05. The standard InChI is InChI=1S/C23H21FN2O4S/c1-4-30-23(29)18-14(3)19(21(28)25-17-11-6-5-10-16(17)24)31-22(18)26-20(27)15-9-7-8-13(2)12-15/h5-12H,4H2,1-3H3,(H,25,28)(H,26,27). The van der Waals surface area contributed by atoms with E-state index in [1.807, 2.05) is 13.0 Å². The van der Waals surface area contributed by atoms with Gasteiger partial charge in [0.2, 0.25) is 0 Å². The molecule has 3 rings (SSSR count). The highest BCUT2D eigenvalue weighted by Gasteiger charge is 2.27. The highest BCUT2D eigenvalue weighted by Crippen LogP contribution is 2.35. The molecule has 8 heteroatoms. The Morgan fingerprint density at radius 2 is 1.74 bits per heavy atom. The maximum absolute atomic E-state index is 13.9. The number of para-hydroxylation sites is 1. The molecule has 0 saturated carbocycles. The Hall–Kier alpha value is -3.52. The fourth-order valence-electron chi connectivity index (χ4n) is 2.97. The van der Waals surface area contributed by atoms with Crippen LogP contribution in [0.1, 0.15) is 48.4 Å². The normalized spacial score (nSPS) is 10.5. The van der Waals surface area contributed by atoms with Crippen LogP contribution in [0.15, 0.2) is 48.5 Å². The van der Waals surface area contributed by atoms with E-state index in [1.165, 1.54) is 18.2 Å². The van der Waals surface area contributed by atoms with Gasteiger partial charge in [-0.2, -0.15) is 0 Å². The first-order valence-corrected chi connectivity index (χ1v) is 10.4. The molecule has 0 aliphatic rings. The number of carbonyl (C=O) groups excluding carboxylic acids is 3. The first-order chi connectivity index (χ1) is 14.8. The number of nitrogens with one attached hydrogen (secondary N) is 2. The van der Waals surface area contributed by atoms with Crippen molar-refractivity contribution >= 4 is 39.8 Å². The molecule has 3 aromatic rings. The molecule has 1 heterocycles. The number of thiophene rings is 1. The van der Waals surface area contributed by atoms with E-state index in [1.54, 1.807) is 38.1 Å². The van der Waals surface area contributed by atoms with E-state index >= 15 is 0 Å². The molecule has 2 amide bonds. The molecule has 0 atom stereocenters. The summed E-state index contributed by atoms with van der Waals surface area (Å²) in [5, 5.41) is 5.41. The first-order valence-electron chi connectivity index (χ1n) is 9.56. The van der Waals surface area contributed by atoms with Gasteiger partial charge in [0.25, 0.3) is 11.8 Å². The van der Waals surface area contributed by atoms with Gasteiger partial charge in [0.1, 0.15) is 10.8 Å². The molecule has 0 aliphatic carbocycles. The molecule has 1 aromatic heterocycles. The van der Waals surface area contributed by atoms with E-state index in [4.69, 9.17) is 4.74 Å². The van der Waals surface area contributed by atoms with Crippen molar-refractivity contribution in [1.29, 1.82) is 0 Å². The Kier molecular flexibility index (Phi) is 6.81. The van der Waals surface area contributed by atoms with Gasteiger partial charge >= 0.3 is 5.97 Å². The predicted octanol–water partition coefficient (Wildman–Crippen LogP) is 5.19. The van der Waals surface area contributed by atoms with Crippen LogP contribution in [0.25, 0.3) is 0 Å². The number of hydrogen-bond donors (Lipinski definition) is 2. The van der Waals surface area contributed by atoms with Crippen LogP contribution in [0.5, 0.6) is 0 Å². The monoisotopic (exact) mass is 440 g/mol. The minimum absolute atomic E-state index is 0.0170. The number of ether oxygens (including phenoxy) is 1. The third-order valence-corrected chi connectivity index (χ3v) is 5.67. The molecule has 0 aliphatic heterocycles. The highest BCUT2D eigenvalue weighted by molar-refractivity contribution is 7.19. The van der Waals surface area contributed by atoms with Crippen LogP contribution in [0.4, 0.5) is 15.1 Å². The van der Waals surface area contributed by atoms with E-state index in [9.17, 15) is 18.8 Å². The van der Waals surface area contributed by atoms with Crippen molar-refractivity contribution in [3.05, 3.63) is 81.5 Å². The molecule has 31 heavy (non-hydrogen) atoms. The zero-order valence-corrected chi connectivity index (χ0v) is 18.1. The highest BCUT2D eigenvalue weighted by atomic mass is 32.1. The van der Waals surface area contributed by atoms with Crippen molar-refractivity contribution in [2.24, 2.45) is 0 Å². The molecule has 0 radical (unpaired) electrons. The third kappa shape index (κ3) is 4.97. The summed E-state index contributed by atoms with van der Waals surface area (Å²) >= 11 is 0.933. The number of esters is 1. The van der Waals surface area contributed by atoms with Crippen molar-refractivity contribution in [3.63, 3.8) is 0 Å². The summed E-state index contributed by atoms with van der Waals surface area (Å²) in [6, 6.07) is 12.8. The molecule has 0 spiro atoms.